The van der Waals surface area contributed by atoms with Gasteiger partial charge in [-0.05, 0) is 50.1 Å². The summed E-state index contributed by atoms with van der Waals surface area (Å²) >= 11 is 0. The molecule has 0 fully saturated rings. The van der Waals surface area contributed by atoms with Crippen molar-refractivity contribution in [3.8, 4) is 0 Å². The quantitative estimate of drug-likeness (QED) is 0.683. The van der Waals surface area contributed by atoms with E-state index in [1.54, 1.807) is 12.1 Å². The van der Waals surface area contributed by atoms with Gasteiger partial charge in [-0.15, -0.1) is 0 Å². The van der Waals surface area contributed by atoms with E-state index in [1.807, 2.05) is 31.2 Å². The molecular weight excluding hydrogens is 352 g/mol. The van der Waals surface area contributed by atoms with Crippen LogP contribution in [0.15, 0.2) is 54.6 Å². The Morgan fingerprint density at radius 2 is 1.96 bits per heavy atom. The second-order valence-electron chi connectivity index (χ2n) is 6.94. The van der Waals surface area contributed by atoms with Gasteiger partial charge in [0.15, 0.2) is 0 Å². The number of hydrogen-bond donors (Lipinski definition) is 1. The van der Waals surface area contributed by atoms with Crippen LogP contribution in [0.4, 0.5) is 23.1 Å². The van der Waals surface area contributed by atoms with E-state index in [4.69, 9.17) is 9.72 Å². The fraction of sp³-hybridized carbons (Fsp3) is 0.227. The van der Waals surface area contributed by atoms with E-state index in [1.165, 1.54) is 12.7 Å². The number of esters is 1. The molecule has 2 aromatic carbocycles. The third-order valence-corrected chi connectivity index (χ3v) is 4.82. The van der Waals surface area contributed by atoms with E-state index in [2.05, 4.69) is 40.3 Å². The number of anilines is 4. The summed E-state index contributed by atoms with van der Waals surface area (Å²) in [6.07, 6.45) is 0.970. The zero-order valence-electron chi connectivity index (χ0n) is 16.1. The number of hydrogen-bond acceptors (Lipinski definition) is 6. The number of carbonyl (C=O) groups is 1. The highest BCUT2D eigenvalue weighted by atomic mass is 16.5. The number of aromatic nitrogens is 2. The first-order valence-electron chi connectivity index (χ1n) is 9.23. The van der Waals surface area contributed by atoms with Gasteiger partial charge < -0.3 is 15.0 Å². The van der Waals surface area contributed by atoms with Gasteiger partial charge >= 0.3 is 5.97 Å². The number of ether oxygens (including phenoxy) is 1. The molecule has 0 bridgehead atoms. The molecule has 1 aliphatic heterocycles. The van der Waals surface area contributed by atoms with Crippen LogP contribution < -0.4 is 10.2 Å². The third-order valence-electron chi connectivity index (χ3n) is 4.82. The van der Waals surface area contributed by atoms with Crippen molar-refractivity contribution < 1.29 is 9.53 Å². The minimum atomic E-state index is -0.370. The number of carbonyl (C=O) groups excluding carboxylic acids is 1. The summed E-state index contributed by atoms with van der Waals surface area (Å²) in [7, 11) is 1.37. The average molecular weight is 374 g/mol. The van der Waals surface area contributed by atoms with Gasteiger partial charge in [-0.3, -0.25) is 0 Å². The first kappa shape index (κ1) is 18.0. The van der Waals surface area contributed by atoms with Gasteiger partial charge in [0, 0.05) is 29.2 Å². The molecule has 28 heavy (non-hydrogen) atoms. The Balaban J connectivity index is 1.66. The van der Waals surface area contributed by atoms with Crippen LogP contribution in [-0.4, -0.2) is 29.1 Å². The maximum Gasteiger partial charge on any atom is 0.337 e. The number of nitrogens with zero attached hydrogens (tertiary/aromatic N) is 3. The van der Waals surface area contributed by atoms with Crippen LogP contribution in [0.5, 0.6) is 0 Å². The molecule has 6 heteroatoms. The highest BCUT2D eigenvalue weighted by Crippen LogP contribution is 2.37. The molecule has 3 aromatic rings. The molecule has 4 rings (SSSR count). The summed E-state index contributed by atoms with van der Waals surface area (Å²) in [4.78, 5) is 23.4. The van der Waals surface area contributed by atoms with Crippen molar-refractivity contribution in [1.82, 2.24) is 9.97 Å². The molecule has 1 aromatic heterocycles. The Bertz CT molecular complexity index is 1030. The maximum absolute atomic E-state index is 11.8. The lowest BCUT2D eigenvalue weighted by molar-refractivity contribution is 0.0601. The van der Waals surface area contributed by atoms with Crippen molar-refractivity contribution >= 4 is 29.1 Å². The molecule has 0 radical (unpaired) electrons. The molecule has 0 amide bonds. The average Bonchev–Trinajstić information content (AvgIpc) is 3.02. The molecule has 0 saturated carbocycles. The molecule has 6 nitrogen and oxygen atoms in total. The molecule has 0 spiro atoms. The van der Waals surface area contributed by atoms with Crippen LogP contribution in [-0.2, 0) is 11.2 Å². The number of methoxy groups -OCH3 is 1. The summed E-state index contributed by atoms with van der Waals surface area (Å²) in [5, 5.41) is 3.28. The molecule has 142 valence electrons. The zero-order valence-corrected chi connectivity index (χ0v) is 16.1. The summed E-state index contributed by atoms with van der Waals surface area (Å²) in [5.74, 6) is 0.982. The van der Waals surface area contributed by atoms with E-state index in [0.29, 0.717) is 17.3 Å². The number of rotatable bonds is 4. The van der Waals surface area contributed by atoms with Gasteiger partial charge in [-0.1, -0.05) is 24.3 Å². The van der Waals surface area contributed by atoms with Gasteiger partial charge in [-0.25, -0.2) is 9.78 Å². The molecular formula is C22H22N4O2. The number of para-hydroxylation sites is 1. The molecule has 0 aliphatic carbocycles. The van der Waals surface area contributed by atoms with Crippen LogP contribution in [0.1, 0.15) is 28.5 Å². The number of benzene rings is 2. The van der Waals surface area contributed by atoms with E-state index < -0.39 is 0 Å². The van der Waals surface area contributed by atoms with E-state index in [-0.39, 0.29) is 12.0 Å². The van der Waals surface area contributed by atoms with Gasteiger partial charge in [0.1, 0.15) is 5.82 Å². The fourth-order valence-electron chi connectivity index (χ4n) is 3.58. The molecule has 0 saturated heterocycles. The van der Waals surface area contributed by atoms with Gasteiger partial charge in [0.25, 0.3) is 0 Å². The molecule has 1 aliphatic rings. The Morgan fingerprint density at radius 1 is 1.14 bits per heavy atom. The highest BCUT2D eigenvalue weighted by Gasteiger charge is 2.29. The van der Waals surface area contributed by atoms with E-state index in [0.717, 1.165) is 23.5 Å². The molecule has 1 unspecified atom stereocenters. The van der Waals surface area contributed by atoms with Gasteiger partial charge in [-0.2, -0.15) is 4.98 Å². The first-order valence-corrected chi connectivity index (χ1v) is 9.23. The van der Waals surface area contributed by atoms with Crippen molar-refractivity contribution in [2.24, 2.45) is 0 Å². The van der Waals surface area contributed by atoms with Gasteiger partial charge in [0.05, 0.1) is 12.7 Å². The van der Waals surface area contributed by atoms with Crippen LogP contribution >= 0.6 is 0 Å². The summed E-state index contributed by atoms with van der Waals surface area (Å²) in [5.41, 5.74) is 4.58. The van der Waals surface area contributed by atoms with Crippen molar-refractivity contribution in [2.45, 2.75) is 26.3 Å². The molecule has 1 N–H and O–H groups in total. The topological polar surface area (TPSA) is 67.3 Å². The fourth-order valence-corrected chi connectivity index (χ4v) is 3.58. The highest BCUT2D eigenvalue weighted by molar-refractivity contribution is 5.90. The van der Waals surface area contributed by atoms with E-state index >= 15 is 0 Å². The lowest BCUT2D eigenvalue weighted by atomic mass is 10.1. The number of fused-ring (bicyclic) bond motifs is 1. The Hall–Kier alpha value is -3.41. The second-order valence-corrected chi connectivity index (χ2v) is 6.94. The van der Waals surface area contributed by atoms with E-state index in [9.17, 15) is 4.79 Å². The summed E-state index contributed by atoms with van der Waals surface area (Å²) in [6.45, 7) is 4.13. The smallest absolute Gasteiger partial charge is 0.337 e. The van der Waals surface area contributed by atoms with Crippen molar-refractivity contribution in [2.75, 3.05) is 17.3 Å². The van der Waals surface area contributed by atoms with Crippen molar-refractivity contribution in [3.05, 3.63) is 71.4 Å². The summed E-state index contributed by atoms with van der Waals surface area (Å²) < 4.78 is 4.79. The minimum absolute atomic E-state index is 0.287. The minimum Gasteiger partial charge on any atom is -0.465 e. The normalized spacial score (nSPS) is 15.2. The van der Waals surface area contributed by atoms with Crippen molar-refractivity contribution in [3.63, 3.8) is 0 Å². The van der Waals surface area contributed by atoms with Crippen LogP contribution in [0.3, 0.4) is 0 Å². The Kier molecular flexibility index (Phi) is 4.69. The first-order chi connectivity index (χ1) is 13.5. The lowest BCUT2D eigenvalue weighted by Crippen LogP contribution is -2.26. The third kappa shape index (κ3) is 3.41. The predicted molar refractivity (Wildman–Crippen MR) is 110 cm³/mol. The summed E-state index contributed by atoms with van der Waals surface area (Å²) in [6, 6.07) is 17.7. The SMILES string of the molecule is COC(=O)c1cccc(Nc2cc(C)nc(N3c4ccccc4CC3C)n2)c1. The Morgan fingerprint density at radius 3 is 2.79 bits per heavy atom. The number of nitrogens with one attached hydrogen (secondary N) is 1. The largest absolute Gasteiger partial charge is 0.465 e. The van der Waals surface area contributed by atoms with Crippen molar-refractivity contribution in [1.29, 1.82) is 0 Å². The van der Waals surface area contributed by atoms with Crippen LogP contribution in [0, 0.1) is 6.92 Å². The van der Waals surface area contributed by atoms with Crippen LogP contribution in [0.25, 0.3) is 0 Å². The zero-order chi connectivity index (χ0) is 19.7. The van der Waals surface area contributed by atoms with Gasteiger partial charge in [0.2, 0.25) is 5.95 Å². The second kappa shape index (κ2) is 7.31. The molecule has 2 heterocycles. The monoisotopic (exact) mass is 374 g/mol. The predicted octanol–water partition coefficient (Wildman–Crippen LogP) is 4.40. The number of aryl methyl sites for hydroxylation is 1. The standard InChI is InChI=1S/C22H22N4O2/c1-14-11-20(24-18-9-6-8-17(13-18)21(27)28-3)25-22(23-14)26-15(2)12-16-7-4-5-10-19(16)26/h4-11,13,15H,12H2,1-3H3,(H,23,24,25). The van der Waals surface area contributed by atoms with Crippen LogP contribution in [0.2, 0.25) is 0 Å². The Labute approximate surface area is 164 Å². The molecule has 1 atom stereocenters. The maximum atomic E-state index is 11.8. The lowest BCUT2D eigenvalue weighted by Gasteiger charge is -2.23.